The summed E-state index contributed by atoms with van der Waals surface area (Å²) in [6.07, 6.45) is 0. The highest BCUT2D eigenvalue weighted by molar-refractivity contribution is 6.34. The van der Waals surface area contributed by atoms with Crippen molar-refractivity contribution in [2.45, 2.75) is 39.0 Å². The van der Waals surface area contributed by atoms with Crippen LogP contribution in [0, 0.1) is 6.92 Å². The molecule has 5 aromatic rings. The average molecular weight is 669 g/mol. The van der Waals surface area contributed by atoms with Gasteiger partial charge in [0, 0.05) is 16.7 Å². The molecule has 0 fully saturated rings. The number of nitrogens with one attached hydrogen (secondary N) is 1. The van der Waals surface area contributed by atoms with Gasteiger partial charge in [-0.25, -0.2) is 4.90 Å². The van der Waals surface area contributed by atoms with Crippen LogP contribution in [0.25, 0.3) is 0 Å². The Morgan fingerprint density at radius 2 is 1.32 bits per heavy atom. The molecular weight excluding hydrogens is 632 g/mol. The van der Waals surface area contributed by atoms with Gasteiger partial charge in [0.15, 0.2) is 0 Å². The van der Waals surface area contributed by atoms with Crippen LogP contribution in [0.15, 0.2) is 109 Å². The number of imide groups is 1. The van der Waals surface area contributed by atoms with Crippen molar-refractivity contribution in [2.75, 3.05) is 17.3 Å². The largest absolute Gasteiger partial charge is 0.497 e. The molecule has 2 N–H and O–H groups in total. The first-order valence-electron chi connectivity index (χ1n) is 16.1. The lowest BCUT2D eigenvalue weighted by molar-refractivity contribution is -0.138. The van der Waals surface area contributed by atoms with Gasteiger partial charge in [-0.2, -0.15) is 0 Å². The van der Waals surface area contributed by atoms with Gasteiger partial charge < -0.3 is 19.9 Å². The number of fused-ring (bicyclic) bond motifs is 1. The Balaban J connectivity index is 1.15. The first-order valence-corrected chi connectivity index (χ1v) is 16.1. The second-order valence-electron chi connectivity index (χ2n) is 12.8. The van der Waals surface area contributed by atoms with E-state index in [2.05, 4.69) is 31.3 Å². The first kappa shape index (κ1) is 33.7. The molecule has 1 aliphatic heterocycles. The highest BCUT2D eigenvalue weighted by Gasteiger charge is 2.37. The van der Waals surface area contributed by atoms with Crippen molar-refractivity contribution in [2.24, 2.45) is 0 Å². The van der Waals surface area contributed by atoms with E-state index in [0.717, 1.165) is 27.3 Å². The van der Waals surface area contributed by atoms with E-state index in [1.54, 1.807) is 67.8 Å². The number of anilines is 2. The Bertz CT molecular complexity index is 2120. The van der Waals surface area contributed by atoms with Crippen molar-refractivity contribution in [1.82, 2.24) is 0 Å². The smallest absolute Gasteiger partial charge is 0.310 e. The molecule has 9 nitrogen and oxygen atoms in total. The third kappa shape index (κ3) is 6.45. The molecule has 50 heavy (non-hydrogen) atoms. The maximum atomic E-state index is 13.5. The molecule has 0 spiro atoms. The van der Waals surface area contributed by atoms with Crippen LogP contribution in [0.1, 0.15) is 80.0 Å². The highest BCUT2D eigenvalue weighted by atomic mass is 16.5. The summed E-state index contributed by atoms with van der Waals surface area (Å²) < 4.78 is 11.4. The van der Waals surface area contributed by atoms with Crippen LogP contribution in [-0.4, -0.2) is 35.9 Å². The third-order valence-corrected chi connectivity index (χ3v) is 9.16. The topological polar surface area (TPSA) is 122 Å². The molecule has 0 saturated heterocycles. The van der Waals surface area contributed by atoms with E-state index < -0.39 is 29.6 Å². The number of carbonyl (C=O) groups excluding carboxylic acids is 3. The Morgan fingerprint density at radius 3 is 1.92 bits per heavy atom. The molecule has 9 heteroatoms. The molecule has 3 amide bonds. The number of carboxylic acid groups (broad SMARTS) is 1. The number of aliphatic carboxylic acids is 1. The van der Waals surface area contributed by atoms with Gasteiger partial charge in [-0.1, -0.05) is 55.8 Å². The number of hydrogen-bond donors (Lipinski definition) is 2. The minimum atomic E-state index is -1.04. The van der Waals surface area contributed by atoms with Crippen molar-refractivity contribution in [3.05, 3.63) is 148 Å². The van der Waals surface area contributed by atoms with Gasteiger partial charge in [-0.3, -0.25) is 19.2 Å². The summed E-state index contributed by atoms with van der Waals surface area (Å²) in [6, 6.07) is 31.9. The van der Waals surface area contributed by atoms with Crippen LogP contribution < -0.4 is 19.7 Å². The molecule has 1 atom stereocenters. The number of ether oxygens (including phenoxy) is 2. The number of carbonyl (C=O) groups is 4. The average Bonchev–Trinajstić information content (AvgIpc) is 3.36. The van der Waals surface area contributed by atoms with Crippen LogP contribution >= 0.6 is 0 Å². The van der Waals surface area contributed by atoms with E-state index in [4.69, 9.17) is 9.47 Å². The molecular formula is C41H36N2O7. The van der Waals surface area contributed by atoms with E-state index in [-0.39, 0.29) is 22.1 Å². The summed E-state index contributed by atoms with van der Waals surface area (Å²) in [5.74, 6) is -1.53. The number of carboxylic acids is 1. The summed E-state index contributed by atoms with van der Waals surface area (Å²) in [6.45, 7) is 7.64. The fourth-order valence-electron chi connectivity index (χ4n) is 6.04. The molecule has 0 aromatic heterocycles. The maximum absolute atomic E-state index is 13.5. The van der Waals surface area contributed by atoms with Crippen molar-refractivity contribution >= 4 is 35.1 Å². The standard InChI is InChI=1S/C41H36N2O7/c1-24-6-20-33(25(2)40(47)48)35(22-24)37(44)42-28-11-13-29(14-12-28)43-38(45)34-21-19-32(23-36(34)39(43)46)50-31-17-9-27(10-18-31)41(3,4)26-7-15-30(49-5)16-8-26/h6-23,25H,1-5H3,(H,42,44)(H,47,48). The minimum Gasteiger partial charge on any atom is -0.497 e. The molecule has 0 radical (unpaired) electrons. The van der Waals surface area contributed by atoms with E-state index in [1.807, 2.05) is 43.3 Å². The molecule has 1 heterocycles. The van der Waals surface area contributed by atoms with Crippen LogP contribution in [0.3, 0.4) is 0 Å². The molecule has 0 saturated carbocycles. The summed E-state index contributed by atoms with van der Waals surface area (Å²) >= 11 is 0. The summed E-state index contributed by atoms with van der Waals surface area (Å²) in [7, 11) is 1.64. The monoisotopic (exact) mass is 668 g/mol. The van der Waals surface area contributed by atoms with E-state index >= 15 is 0 Å². The van der Waals surface area contributed by atoms with Crippen molar-refractivity contribution < 1.29 is 33.8 Å². The Hall–Kier alpha value is -6.22. The predicted molar refractivity (Wildman–Crippen MR) is 191 cm³/mol. The van der Waals surface area contributed by atoms with Gasteiger partial charge in [0.1, 0.15) is 17.2 Å². The predicted octanol–water partition coefficient (Wildman–Crippen LogP) is 8.36. The number of nitrogens with zero attached hydrogens (tertiary/aromatic N) is 1. The molecule has 252 valence electrons. The van der Waals surface area contributed by atoms with Gasteiger partial charge in [-0.15, -0.1) is 0 Å². The van der Waals surface area contributed by atoms with Crippen LogP contribution in [0.2, 0.25) is 0 Å². The number of methoxy groups -OCH3 is 1. The normalized spacial score (nSPS) is 13.1. The number of aryl methyl sites for hydroxylation is 1. The highest BCUT2D eigenvalue weighted by Crippen LogP contribution is 2.36. The summed E-state index contributed by atoms with van der Waals surface area (Å²) in [5, 5.41) is 12.3. The zero-order chi connectivity index (χ0) is 35.7. The molecule has 0 bridgehead atoms. The van der Waals surface area contributed by atoms with E-state index in [9.17, 15) is 24.3 Å². The van der Waals surface area contributed by atoms with Gasteiger partial charge >= 0.3 is 5.97 Å². The fourth-order valence-corrected chi connectivity index (χ4v) is 6.04. The zero-order valence-corrected chi connectivity index (χ0v) is 28.3. The minimum absolute atomic E-state index is 0.224. The number of rotatable bonds is 10. The molecule has 6 rings (SSSR count). The van der Waals surface area contributed by atoms with Gasteiger partial charge in [0.2, 0.25) is 0 Å². The van der Waals surface area contributed by atoms with E-state index in [1.165, 1.54) is 6.92 Å². The summed E-state index contributed by atoms with van der Waals surface area (Å²) in [4.78, 5) is 52.7. The lowest BCUT2D eigenvalue weighted by Gasteiger charge is -2.26. The number of hydrogen-bond acceptors (Lipinski definition) is 6. The molecule has 5 aromatic carbocycles. The number of benzene rings is 5. The number of amides is 3. The lowest BCUT2D eigenvalue weighted by Crippen LogP contribution is -2.29. The van der Waals surface area contributed by atoms with E-state index in [0.29, 0.717) is 28.4 Å². The lowest BCUT2D eigenvalue weighted by atomic mass is 9.78. The Kier molecular flexibility index (Phi) is 8.99. The SMILES string of the molecule is COc1ccc(C(C)(C)c2ccc(Oc3ccc4c(c3)C(=O)N(c3ccc(NC(=O)c5cc(C)ccc5C(C)C(=O)O)cc3)C4=O)cc2)cc1. The fraction of sp³-hybridized carbons (Fsp3) is 0.171. The Morgan fingerprint density at radius 1 is 0.740 bits per heavy atom. The van der Waals surface area contributed by atoms with Gasteiger partial charge in [0.25, 0.3) is 17.7 Å². The molecule has 1 unspecified atom stereocenters. The van der Waals surface area contributed by atoms with Crippen LogP contribution in [0.4, 0.5) is 11.4 Å². The quantitative estimate of drug-likeness (QED) is 0.143. The molecule has 0 aliphatic carbocycles. The van der Waals surface area contributed by atoms with Crippen molar-refractivity contribution in [3.8, 4) is 17.2 Å². The second kappa shape index (κ2) is 13.4. The summed E-state index contributed by atoms with van der Waals surface area (Å²) in [5.41, 5.74) is 4.69. The van der Waals surface area contributed by atoms with Gasteiger partial charge in [0.05, 0.1) is 29.8 Å². The van der Waals surface area contributed by atoms with Crippen molar-refractivity contribution in [1.29, 1.82) is 0 Å². The maximum Gasteiger partial charge on any atom is 0.310 e. The van der Waals surface area contributed by atoms with Crippen LogP contribution in [-0.2, 0) is 10.2 Å². The molecule has 1 aliphatic rings. The van der Waals surface area contributed by atoms with Crippen LogP contribution in [0.5, 0.6) is 17.2 Å². The third-order valence-electron chi connectivity index (χ3n) is 9.16. The first-order chi connectivity index (χ1) is 23.9. The zero-order valence-electron chi connectivity index (χ0n) is 28.3. The van der Waals surface area contributed by atoms with Crippen molar-refractivity contribution in [3.63, 3.8) is 0 Å². The Labute approximate surface area is 290 Å². The second-order valence-corrected chi connectivity index (χ2v) is 12.8. The van der Waals surface area contributed by atoms with Gasteiger partial charge in [-0.05, 0) is 103 Å².